The highest BCUT2D eigenvalue weighted by atomic mass is 16.4. The molecule has 1 aliphatic rings. The van der Waals surface area contributed by atoms with Crippen molar-refractivity contribution in [1.82, 2.24) is 24.9 Å². The Bertz CT molecular complexity index is 878. The monoisotopic (exact) mass is 385 g/mol. The second-order valence-electron chi connectivity index (χ2n) is 7.54. The highest BCUT2D eigenvalue weighted by molar-refractivity contribution is 5.76. The van der Waals surface area contributed by atoms with Gasteiger partial charge in [-0.2, -0.15) is 5.10 Å². The average Bonchev–Trinajstić information content (AvgIpc) is 3.16. The first-order chi connectivity index (χ1) is 13.2. The van der Waals surface area contributed by atoms with Gasteiger partial charge in [0.05, 0.1) is 11.4 Å². The Morgan fingerprint density at radius 3 is 2.68 bits per heavy atom. The minimum atomic E-state index is -0.853. The fourth-order valence-electron chi connectivity index (χ4n) is 3.70. The highest BCUT2D eigenvalue weighted by Crippen LogP contribution is 2.17. The average molecular weight is 385 g/mol. The van der Waals surface area contributed by atoms with Gasteiger partial charge in [0.15, 0.2) is 0 Å². The lowest BCUT2D eigenvalue weighted by Gasteiger charge is -2.21. The highest BCUT2D eigenvalue weighted by Gasteiger charge is 2.35. The lowest BCUT2D eigenvalue weighted by Crippen LogP contribution is -2.43. The summed E-state index contributed by atoms with van der Waals surface area (Å²) in [5, 5.41) is 16.6. The molecule has 1 aromatic carbocycles. The summed E-state index contributed by atoms with van der Waals surface area (Å²) in [6.07, 6.45) is 0.416. The van der Waals surface area contributed by atoms with Crippen LogP contribution in [0.5, 0.6) is 0 Å². The Labute approximate surface area is 164 Å². The van der Waals surface area contributed by atoms with Crippen molar-refractivity contribution in [2.45, 2.75) is 38.9 Å². The molecule has 2 N–H and O–H groups in total. The Balaban J connectivity index is 1.62. The van der Waals surface area contributed by atoms with Gasteiger partial charge in [0, 0.05) is 31.9 Å². The normalized spacial score (nSPS) is 19.6. The number of aryl methyl sites for hydroxylation is 2. The number of nitrogens with zero attached hydrogens (tertiary/aromatic N) is 4. The van der Waals surface area contributed by atoms with Crippen molar-refractivity contribution >= 4 is 12.0 Å². The molecule has 1 saturated heterocycles. The number of aliphatic carboxylic acids is 1. The molecule has 2 aromatic rings. The number of hydrogen-bond donors (Lipinski definition) is 2. The predicted octanol–water partition coefficient (Wildman–Crippen LogP) is 1.79. The largest absolute Gasteiger partial charge is 0.480 e. The number of aromatic nitrogens is 2. The van der Waals surface area contributed by atoms with E-state index in [2.05, 4.69) is 10.4 Å². The van der Waals surface area contributed by atoms with Crippen molar-refractivity contribution < 1.29 is 14.7 Å². The molecule has 28 heavy (non-hydrogen) atoms. The van der Waals surface area contributed by atoms with Crippen LogP contribution in [-0.4, -0.2) is 69.4 Å². The number of rotatable bonds is 5. The molecule has 2 heterocycles. The van der Waals surface area contributed by atoms with Gasteiger partial charge in [0.1, 0.15) is 6.04 Å². The van der Waals surface area contributed by atoms with Crippen LogP contribution in [0.1, 0.15) is 23.4 Å². The maximum Gasteiger partial charge on any atom is 0.320 e. The van der Waals surface area contributed by atoms with Crippen LogP contribution in [0.3, 0.4) is 0 Å². The van der Waals surface area contributed by atoms with Gasteiger partial charge in [-0.05, 0) is 51.1 Å². The fourth-order valence-corrected chi connectivity index (χ4v) is 3.70. The van der Waals surface area contributed by atoms with E-state index in [0.29, 0.717) is 19.5 Å². The van der Waals surface area contributed by atoms with Gasteiger partial charge >= 0.3 is 12.0 Å². The zero-order chi connectivity index (χ0) is 20.4. The summed E-state index contributed by atoms with van der Waals surface area (Å²) in [7, 11) is 3.50. The van der Waals surface area contributed by atoms with E-state index in [0.717, 1.165) is 22.6 Å². The SMILES string of the molecule is Cc1cc(C)n(-c2cccc(CN(C)C(=O)N[C@@H]3C[C@@H](C(=O)O)N(C)C3)c2)n1. The minimum Gasteiger partial charge on any atom is -0.480 e. The number of nitrogens with one attached hydrogen (secondary N) is 1. The number of urea groups is 1. The molecule has 150 valence electrons. The molecule has 3 rings (SSSR count). The van der Waals surface area contributed by atoms with Crippen LogP contribution in [0.2, 0.25) is 0 Å². The number of carboxylic acid groups (broad SMARTS) is 1. The van der Waals surface area contributed by atoms with Gasteiger partial charge in [-0.15, -0.1) is 0 Å². The number of carbonyl (C=O) groups excluding carboxylic acids is 1. The molecular formula is C20H27N5O3. The number of hydrogen-bond acceptors (Lipinski definition) is 4. The molecule has 0 saturated carbocycles. The molecule has 0 aliphatic carbocycles. The molecular weight excluding hydrogens is 358 g/mol. The third-order valence-corrected chi connectivity index (χ3v) is 5.09. The van der Waals surface area contributed by atoms with Crippen molar-refractivity contribution in [2.24, 2.45) is 0 Å². The van der Waals surface area contributed by atoms with E-state index in [1.165, 1.54) is 0 Å². The number of amides is 2. The van der Waals surface area contributed by atoms with Crippen LogP contribution in [0.4, 0.5) is 4.79 Å². The molecule has 1 fully saturated rings. The zero-order valence-electron chi connectivity index (χ0n) is 16.7. The van der Waals surface area contributed by atoms with Crippen LogP contribution in [0.15, 0.2) is 30.3 Å². The van der Waals surface area contributed by atoms with E-state index in [9.17, 15) is 14.7 Å². The second-order valence-corrected chi connectivity index (χ2v) is 7.54. The van der Waals surface area contributed by atoms with Gasteiger partial charge in [0.25, 0.3) is 0 Å². The van der Waals surface area contributed by atoms with Crippen molar-refractivity contribution in [1.29, 1.82) is 0 Å². The van der Waals surface area contributed by atoms with Crippen molar-refractivity contribution in [3.8, 4) is 5.69 Å². The van der Waals surface area contributed by atoms with E-state index in [-0.39, 0.29) is 12.1 Å². The summed E-state index contributed by atoms with van der Waals surface area (Å²) in [6.45, 7) is 4.95. The number of carbonyl (C=O) groups is 2. The Morgan fingerprint density at radius 1 is 1.32 bits per heavy atom. The van der Waals surface area contributed by atoms with E-state index < -0.39 is 12.0 Å². The topological polar surface area (TPSA) is 90.7 Å². The van der Waals surface area contributed by atoms with Crippen LogP contribution in [0, 0.1) is 13.8 Å². The predicted molar refractivity (Wildman–Crippen MR) is 105 cm³/mol. The maximum absolute atomic E-state index is 12.5. The third kappa shape index (κ3) is 4.33. The second kappa shape index (κ2) is 8.02. The number of benzene rings is 1. The number of likely N-dealkylation sites (tertiary alicyclic amines) is 1. The molecule has 2 atom stereocenters. The molecule has 0 bridgehead atoms. The first-order valence-corrected chi connectivity index (χ1v) is 9.32. The third-order valence-electron chi connectivity index (χ3n) is 5.09. The Kier molecular flexibility index (Phi) is 5.69. The molecule has 2 amide bonds. The van der Waals surface area contributed by atoms with Crippen molar-refractivity contribution in [3.63, 3.8) is 0 Å². The summed E-state index contributed by atoms with van der Waals surface area (Å²) in [4.78, 5) is 27.1. The van der Waals surface area contributed by atoms with Crippen LogP contribution in [-0.2, 0) is 11.3 Å². The summed E-state index contributed by atoms with van der Waals surface area (Å²) < 4.78 is 1.89. The van der Waals surface area contributed by atoms with Gasteiger partial charge in [-0.1, -0.05) is 12.1 Å². The first-order valence-electron chi connectivity index (χ1n) is 9.32. The van der Waals surface area contributed by atoms with Crippen molar-refractivity contribution in [2.75, 3.05) is 20.6 Å². The molecule has 1 aromatic heterocycles. The standard InChI is InChI=1S/C20H27N5O3/c1-13-8-14(2)25(22-13)17-7-5-6-15(9-17)11-24(4)20(28)21-16-10-18(19(26)27)23(3)12-16/h5-9,16,18H,10-12H2,1-4H3,(H,21,28)(H,26,27)/t16-,18+/m1/s1. The summed E-state index contributed by atoms with van der Waals surface area (Å²) in [5.74, 6) is -0.853. The number of carboxylic acids is 1. The number of likely N-dealkylation sites (N-methyl/N-ethyl adjacent to an activating group) is 1. The fraction of sp³-hybridized carbons (Fsp3) is 0.450. The molecule has 8 heteroatoms. The maximum atomic E-state index is 12.5. The molecule has 0 spiro atoms. The lowest BCUT2D eigenvalue weighted by molar-refractivity contribution is -0.141. The smallest absolute Gasteiger partial charge is 0.320 e. The quantitative estimate of drug-likeness (QED) is 0.819. The molecule has 8 nitrogen and oxygen atoms in total. The molecule has 1 aliphatic heterocycles. The van der Waals surface area contributed by atoms with Crippen molar-refractivity contribution in [3.05, 3.63) is 47.3 Å². The lowest BCUT2D eigenvalue weighted by atomic mass is 10.1. The van der Waals surface area contributed by atoms with E-state index in [1.807, 2.05) is 48.9 Å². The van der Waals surface area contributed by atoms with Crippen LogP contribution < -0.4 is 5.32 Å². The van der Waals surface area contributed by atoms with E-state index in [4.69, 9.17) is 0 Å². The van der Waals surface area contributed by atoms with Gasteiger partial charge in [-0.3, -0.25) is 9.69 Å². The minimum absolute atomic E-state index is 0.165. The summed E-state index contributed by atoms with van der Waals surface area (Å²) in [5.41, 5.74) is 3.97. The Morgan fingerprint density at radius 2 is 2.07 bits per heavy atom. The zero-order valence-corrected chi connectivity index (χ0v) is 16.7. The van der Waals surface area contributed by atoms with E-state index >= 15 is 0 Å². The van der Waals surface area contributed by atoms with Gasteiger partial charge in [0.2, 0.25) is 0 Å². The van der Waals surface area contributed by atoms with E-state index in [1.54, 1.807) is 23.9 Å². The van der Waals surface area contributed by atoms with Crippen LogP contribution in [0.25, 0.3) is 5.69 Å². The van der Waals surface area contributed by atoms with Gasteiger partial charge in [-0.25, -0.2) is 9.48 Å². The Hall–Kier alpha value is -2.87. The summed E-state index contributed by atoms with van der Waals surface area (Å²) >= 11 is 0. The van der Waals surface area contributed by atoms with Crippen LogP contribution >= 0.6 is 0 Å². The molecule has 0 radical (unpaired) electrons. The first kappa shape index (κ1) is 19.9. The van der Waals surface area contributed by atoms with Gasteiger partial charge < -0.3 is 15.3 Å². The summed E-state index contributed by atoms with van der Waals surface area (Å²) in [6, 6.07) is 9.04. The molecule has 0 unspecified atom stereocenters.